The first-order chi connectivity index (χ1) is 8.52. The quantitative estimate of drug-likeness (QED) is 0.872. The van der Waals surface area contributed by atoms with Crippen molar-refractivity contribution in [3.8, 4) is 0 Å². The second kappa shape index (κ2) is 5.06. The molecule has 2 unspecified atom stereocenters. The van der Waals surface area contributed by atoms with Crippen molar-refractivity contribution in [3.05, 3.63) is 12.0 Å². The van der Waals surface area contributed by atoms with E-state index in [0.717, 1.165) is 13.1 Å². The van der Waals surface area contributed by atoms with Gasteiger partial charge in [0.25, 0.3) is 0 Å². The molecule has 6 heteroatoms. The standard InChI is InChI=1S/C12H20FN5/c1-8-6-18(7-10(8)17(3)4)11-9(13)5-15-12(14-2)16-11/h5,8,10H,6-7H2,1-4H3,(H,14,15,16). The average Bonchev–Trinajstić information content (AvgIpc) is 2.72. The lowest BCUT2D eigenvalue weighted by molar-refractivity contribution is 0.266. The highest BCUT2D eigenvalue weighted by atomic mass is 19.1. The molecule has 0 aliphatic carbocycles. The maximum Gasteiger partial charge on any atom is 0.224 e. The zero-order valence-electron chi connectivity index (χ0n) is 11.3. The van der Waals surface area contributed by atoms with Crippen LogP contribution in [0, 0.1) is 11.7 Å². The molecule has 18 heavy (non-hydrogen) atoms. The van der Waals surface area contributed by atoms with E-state index in [1.54, 1.807) is 7.05 Å². The second-order valence-corrected chi connectivity index (χ2v) is 5.03. The predicted molar refractivity (Wildman–Crippen MR) is 70.4 cm³/mol. The van der Waals surface area contributed by atoms with Gasteiger partial charge >= 0.3 is 0 Å². The lowest BCUT2D eigenvalue weighted by atomic mass is 10.1. The number of nitrogens with zero attached hydrogens (tertiary/aromatic N) is 4. The predicted octanol–water partition coefficient (Wildman–Crippen LogP) is 1.04. The van der Waals surface area contributed by atoms with E-state index in [9.17, 15) is 4.39 Å². The average molecular weight is 253 g/mol. The fourth-order valence-electron chi connectivity index (χ4n) is 2.50. The monoisotopic (exact) mass is 253 g/mol. The van der Waals surface area contributed by atoms with Gasteiger partial charge in [0.15, 0.2) is 11.6 Å². The van der Waals surface area contributed by atoms with Crippen LogP contribution in [0.1, 0.15) is 6.92 Å². The summed E-state index contributed by atoms with van der Waals surface area (Å²) in [4.78, 5) is 12.3. The SMILES string of the molecule is CNc1ncc(F)c(N2CC(C)C(N(C)C)C2)n1. The van der Waals surface area contributed by atoms with Crippen molar-refractivity contribution >= 4 is 11.8 Å². The summed E-state index contributed by atoms with van der Waals surface area (Å²) >= 11 is 0. The number of anilines is 2. The Balaban J connectivity index is 2.23. The third-order valence-corrected chi connectivity index (χ3v) is 3.48. The molecule has 1 aliphatic heterocycles. The molecule has 0 spiro atoms. The molecule has 2 atom stereocenters. The zero-order valence-corrected chi connectivity index (χ0v) is 11.3. The fourth-order valence-corrected chi connectivity index (χ4v) is 2.50. The van der Waals surface area contributed by atoms with Crippen LogP contribution in [-0.2, 0) is 0 Å². The summed E-state index contributed by atoms with van der Waals surface area (Å²) in [7, 11) is 5.84. The summed E-state index contributed by atoms with van der Waals surface area (Å²) in [6.45, 7) is 3.80. The van der Waals surface area contributed by atoms with Gasteiger partial charge in [0, 0.05) is 26.2 Å². The Labute approximate surface area is 107 Å². The molecular weight excluding hydrogens is 233 g/mol. The van der Waals surface area contributed by atoms with Crippen molar-refractivity contribution in [2.45, 2.75) is 13.0 Å². The van der Waals surface area contributed by atoms with Crippen LogP contribution in [0.3, 0.4) is 0 Å². The summed E-state index contributed by atoms with van der Waals surface area (Å²) in [5, 5.41) is 2.84. The van der Waals surface area contributed by atoms with Gasteiger partial charge in [0.1, 0.15) is 0 Å². The first-order valence-corrected chi connectivity index (χ1v) is 6.14. The van der Waals surface area contributed by atoms with Gasteiger partial charge in [-0.05, 0) is 20.0 Å². The first kappa shape index (κ1) is 13.0. The minimum Gasteiger partial charge on any atom is -0.357 e. The number of hydrogen-bond donors (Lipinski definition) is 1. The van der Waals surface area contributed by atoms with E-state index in [1.807, 2.05) is 4.90 Å². The van der Waals surface area contributed by atoms with E-state index in [4.69, 9.17) is 0 Å². The number of nitrogens with one attached hydrogen (secondary N) is 1. The molecule has 100 valence electrons. The van der Waals surface area contributed by atoms with Gasteiger partial charge < -0.3 is 15.1 Å². The maximum atomic E-state index is 13.8. The maximum absolute atomic E-state index is 13.8. The van der Waals surface area contributed by atoms with Crippen molar-refractivity contribution in [1.29, 1.82) is 0 Å². The van der Waals surface area contributed by atoms with E-state index in [2.05, 4.69) is 41.2 Å². The van der Waals surface area contributed by atoms with E-state index in [1.165, 1.54) is 6.20 Å². The molecule has 1 aliphatic rings. The van der Waals surface area contributed by atoms with Crippen molar-refractivity contribution in [2.24, 2.45) is 5.92 Å². The van der Waals surface area contributed by atoms with Crippen LogP contribution < -0.4 is 10.2 Å². The van der Waals surface area contributed by atoms with E-state index in [0.29, 0.717) is 23.7 Å². The molecule has 5 nitrogen and oxygen atoms in total. The highest BCUT2D eigenvalue weighted by Crippen LogP contribution is 2.26. The number of halogens is 1. The largest absolute Gasteiger partial charge is 0.357 e. The minimum absolute atomic E-state index is 0.361. The second-order valence-electron chi connectivity index (χ2n) is 5.03. The minimum atomic E-state index is -0.361. The van der Waals surface area contributed by atoms with Gasteiger partial charge in [-0.25, -0.2) is 9.37 Å². The molecule has 0 radical (unpaired) electrons. The van der Waals surface area contributed by atoms with Gasteiger partial charge in [0.2, 0.25) is 5.95 Å². The lowest BCUT2D eigenvalue weighted by Crippen LogP contribution is -2.34. The summed E-state index contributed by atoms with van der Waals surface area (Å²) in [5.74, 6) is 0.978. The van der Waals surface area contributed by atoms with Crippen molar-refractivity contribution in [3.63, 3.8) is 0 Å². The molecule has 2 rings (SSSR count). The Morgan fingerprint density at radius 3 is 2.72 bits per heavy atom. The summed E-state index contributed by atoms with van der Waals surface area (Å²) in [6.07, 6.45) is 1.22. The molecular formula is C12H20FN5. The van der Waals surface area contributed by atoms with E-state index < -0.39 is 0 Å². The third kappa shape index (κ3) is 2.38. The van der Waals surface area contributed by atoms with Crippen LogP contribution in [-0.4, -0.2) is 55.1 Å². The Bertz CT molecular complexity index is 423. The van der Waals surface area contributed by atoms with Gasteiger partial charge in [0.05, 0.1) is 6.20 Å². The summed E-state index contributed by atoms with van der Waals surface area (Å²) in [6, 6.07) is 0.428. The van der Waals surface area contributed by atoms with E-state index >= 15 is 0 Å². The van der Waals surface area contributed by atoms with Gasteiger partial charge in [-0.1, -0.05) is 6.92 Å². The normalized spacial score (nSPS) is 23.8. The zero-order chi connectivity index (χ0) is 13.3. The van der Waals surface area contributed by atoms with Crippen LogP contribution in [0.15, 0.2) is 6.20 Å². The molecule has 0 amide bonds. The molecule has 0 aromatic carbocycles. The molecule has 1 fully saturated rings. The first-order valence-electron chi connectivity index (χ1n) is 6.14. The highest BCUT2D eigenvalue weighted by molar-refractivity contribution is 5.45. The van der Waals surface area contributed by atoms with Crippen LogP contribution in [0.2, 0.25) is 0 Å². The van der Waals surface area contributed by atoms with Crippen LogP contribution in [0.25, 0.3) is 0 Å². The number of hydrogen-bond acceptors (Lipinski definition) is 5. The van der Waals surface area contributed by atoms with Gasteiger partial charge in [-0.15, -0.1) is 0 Å². The van der Waals surface area contributed by atoms with Crippen molar-refractivity contribution < 1.29 is 4.39 Å². The molecule has 0 bridgehead atoms. The molecule has 1 saturated heterocycles. The number of likely N-dealkylation sites (N-methyl/N-ethyl adjacent to an activating group) is 1. The van der Waals surface area contributed by atoms with Gasteiger partial charge in [-0.3, -0.25) is 0 Å². The topological polar surface area (TPSA) is 44.3 Å². The summed E-state index contributed by atoms with van der Waals surface area (Å²) < 4.78 is 13.8. The van der Waals surface area contributed by atoms with Gasteiger partial charge in [-0.2, -0.15) is 4.98 Å². The Morgan fingerprint density at radius 1 is 1.44 bits per heavy atom. The summed E-state index contributed by atoms with van der Waals surface area (Å²) in [5.41, 5.74) is 0. The smallest absolute Gasteiger partial charge is 0.224 e. The lowest BCUT2D eigenvalue weighted by Gasteiger charge is -2.22. The Hall–Kier alpha value is -1.43. The van der Waals surface area contributed by atoms with Crippen LogP contribution in [0.4, 0.5) is 16.2 Å². The molecule has 1 N–H and O–H groups in total. The Kier molecular flexibility index (Phi) is 3.65. The number of aromatic nitrogens is 2. The molecule has 2 heterocycles. The number of rotatable bonds is 3. The molecule has 1 aromatic heterocycles. The molecule has 1 aromatic rings. The molecule has 0 saturated carbocycles. The van der Waals surface area contributed by atoms with Crippen molar-refractivity contribution in [1.82, 2.24) is 14.9 Å². The third-order valence-electron chi connectivity index (χ3n) is 3.48. The Morgan fingerprint density at radius 2 is 2.17 bits per heavy atom. The van der Waals surface area contributed by atoms with Crippen LogP contribution >= 0.6 is 0 Å². The fraction of sp³-hybridized carbons (Fsp3) is 0.667. The van der Waals surface area contributed by atoms with Crippen molar-refractivity contribution in [2.75, 3.05) is 44.4 Å². The highest BCUT2D eigenvalue weighted by Gasteiger charge is 2.33. The van der Waals surface area contributed by atoms with Crippen LogP contribution in [0.5, 0.6) is 0 Å². The van der Waals surface area contributed by atoms with E-state index in [-0.39, 0.29) is 5.82 Å².